The van der Waals surface area contributed by atoms with Crippen molar-refractivity contribution in [3.63, 3.8) is 0 Å². The fourth-order valence-electron chi connectivity index (χ4n) is 5.01. The highest BCUT2D eigenvalue weighted by molar-refractivity contribution is 5.51. The van der Waals surface area contributed by atoms with Crippen molar-refractivity contribution in [3.8, 4) is 0 Å². The van der Waals surface area contributed by atoms with Crippen LogP contribution in [0.15, 0.2) is 122 Å². The van der Waals surface area contributed by atoms with E-state index in [1.165, 1.54) is 13.3 Å². The molecule has 0 spiro atoms. The standard InChI is InChI=1S/C31H24F4N2O/c1-29(38,25-18-11-19-26(28(25)32)31(33,34)35)27-20-37(21-36-27)30(22-12-5-2-6-13-22,23-14-7-3-8-15-23)24-16-9-4-10-17-24/h2-21,38H,1H3. The Kier molecular flexibility index (Phi) is 6.41. The smallest absolute Gasteiger partial charge is 0.379 e. The quantitative estimate of drug-likeness (QED) is 0.193. The molecule has 5 rings (SSSR count). The zero-order valence-corrected chi connectivity index (χ0v) is 20.4. The van der Waals surface area contributed by atoms with Crippen LogP contribution in [0.1, 0.15) is 40.4 Å². The first kappa shape index (κ1) is 25.4. The molecule has 38 heavy (non-hydrogen) atoms. The van der Waals surface area contributed by atoms with Gasteiger partial charge in [-0.3, -0.25) is 0 Å². The highest BCUT2D eigenvalue weighted by atomic mass is 19.4. The van der Waals surface area contributed by atoms with E-state index >= 15 is 4.39 Å². The average Bonchev–Trinajstić information content (AvgIpc) is 3.42. The summed E-state index contributed by atoms with van der Waals surface area (Å²) in [6.45, 7) is 1.24. The Hall–Kier alpha value is -4.23. The first-order chi connectivity index (χ1) is 18.2. The molecule has 192 valence electrons. The Labute approximate surface area is 217 Å². The third kappa shape index (κ3) is 4.19. The summed E-state index contributed by atoms with van der Waals surface area (Å²) < 4.78 is 57.1. The normalized spacial score (nSPS) is 13.7. The van der Waals surface area contributed by atoms with Crippen LogP contribution in [-0.2, 0) is 17.3 Å². The number of rotatable bonds is 6. The minimum atomic E-state index is -4.90. The molecule has 0 aliphatic heterocycles. The molecular formula is C31H24F4N2O. The summed E-state index contributed by atoms with van der Waals surface area (Å²) in [4.78, 5) is 4.40. The third-order valence-electron chi connectivity index (χ3n) is 6.87. The van der Waals surface area contributed by atoms with Gasteiger partial charge in [-0.1, -0.05) is 103 Å². The number of aromatic nitrogens is 2. The summed E-state index contributed by atoms with van der Waals surface area (Å²) in [6, 6.07) is 32.0. The maximum atomic E-state index is 15.1. The molecule has 4 aromatic carbocycles. The Morgan fingerprint density at radius 1 is 0.658 bits per heavy atom. The highest BCUT2D eigenvalue weighted by Gasteiger charge is 2.42. The van der Waals surface area contributed by atoms with Crippen LogP contribution in [0.25, 0.3) is 0 Å². The molecule has 1 heterocycles. The van der Waals surface area contributed by atoms with Gasteiger partial charge in [0.1, 0.15) is 17.0 Å². The monoisotopic (exact) mass is 516 g/mol. The topological polar surface area (TPSA) is 38.0 Å². The van der Waals surface area contributed by atoms with E-state index in [1.807, 2.05) is 95.6 Å². The van der Waals surface area contributed by atoms with Crippen molar-refractivity contribution in [2.45, 2.75) is 24.2 Å². The summed E-state index contributed by atoms with van der Waals surface area (Å²) in [7, 11) is 0. The van der Waals surface area contributed by atoms with Crippen molar-refractivity contribution in [3.05, 3.63) is 161 Å². The number of aliphatic hydroxyl groups is 1. The van der Waals surface area contributed by atoms with Gasteiger partial charge in [0, 0.05) is 11.8 Å². The summed E-state index contributed by atoms with van der Waals surface area (Å²) in [6.07, 6.45) is -1.83. The number of imidazole rings is 1. The zero-order chi connectivity index (χ0) is 27.0. The number of nitrogens with zero attached hydrogens (tertiary/aromatic N) is 2. The predicted molar refractivity (Wildman–Crippen MR) is 137 cm³/mol. The zero-order valence-electron chi connectivity index (χ0n) is 20.4. The lowest BCUT2D eigenvalue weighted by atomic mass is 9.76. The lowest BCUT2D eigenvalue weighted by Gasteiger charge is -2.37. The van der Waals surface area contributed by atoms with Gasteiger partial charge in [-0.2, -0.15) is 13.2 Å². The Balaban J connectivity index is 1.75. The van der Waals surface area contributed by atoms with Crippen molar-refractivity contribution in [2.75, 3.05) is 0 Å². The number of halogens is 4. The van der Waals surface area contributed by atoms with Gasteiger partial charge in [-0.25, -0.2) is 9.37 Å². The third-order valence-corrected chi connectivity index (χ3v) is 6.87. The van der Waals surface area contributed by atoms with Crippen LogP contribution in [-0.4, -0.2) is 14.7 Å². The summed E-state index contributed by atoms with van der Waals surface area (Å²) >= 11 is 0. The van der Waals surface area contributed by atoms with Crippen LogP contribution in [0.5, 0.6) is 0 Å². The second-order valence-electron chi connectivity index (χ2n) is 9.21. The molecule has 0 fully saturated rings. The molecule has 7 heteroatoms. The van der Waals surface area contributed by atoms with Crippen LogP contribution in [0, 0.1) is 5.82 Å². The molecule has 0 aliphatic rings. The van der Waals surface area contributed by atoms with Gasteiger partial charge < -0.3 is 9.67 Å². The van der Waals surface area contributed by atoms with Crippen LogP contribution in [0.4, 0.5) is 17.6 Å². The van der Waals surface area contributed by atoms with Crippen molar-refractivity contribution in [1.29, 1.82) is 0 Å². The lowest BCUT2D eigenvalue weighted by Crippen LogP contribution is -2.37. The minimum absolute atomic E-state index is 0.00268. The van der Waals surface area contributed by atoms with Gasteiger partial charge in [-0.15, -0.1) is 0 Å². The SMILES string of the molecule is CC(O)(c1cn(C(c2ccccc2)(c2ccccc2)c2ccccc2)cn1)c1cccc(C(F)(F)F)c1F. The van der Waals surface area contributed by atoms with Gasteiger partial charge in [-0.05, 0) is 29.7 Å². The van der Waals surface area contributed by atoms with Gasteiger partial charge in [0.05, 0.1) is 17.6 Å². The van der Waals surface area contributed by atoms with Gasteiger partial charge >= 0.3 is 6.18 Å². The minimum Gasteiger partial charge on any atom is -0.379 e. The van der Waals surface area contributed by atoms with E-state index < -0.39 is 34.3 Å². The van der Waals surface area contributed by atoms with Crippen LogP contribution in [0.2, 0.25) is 0 Å². The number of hydrogen-bond donors (Lipinski definition) is 1. The molecule has 0 radical (unpaired) electrons. The maximum Gasteiger partial charge on any atom is 0.419 e. The summed E-state index contributed by atoms with van der Waals surface area (Å²) in [5.74, 6) is -1.53. The van der Waals surface area contributed by atoms with E-state index in [1.54, 1.807) is 6.20 Å². The van der Waals surface area contributed by atoms with E-state index in [-0.39, 0.29) is 5.69 Å². The fraction of sp³-hybridized carbons (Fsp3) is 0.129. The molecule has 1 unspecified atom stereocenters. The van der Waals surface area contributed by atoms with Crippen molar-refractivity contribution in [1.82, 2.24) is 9.55 Å². The molecule has 0 aliphatic carbocycles. The molecular weight excluding hydrogens is 492 g/mol. The average molecular weight is 517 g/mol. The highest BCUT2D eigenvalue weighted by Crippen LogP contribution is 2.42. The molecule has 3 nitrogen and oxygen atoms in total. The molecule has 0 saturated carbocycles. The summed E-state index contributed by atoms with van der Waals surface area (Å²) in [5.41, 5.74) is -2.36. The Bertz CT molecular complexity index is 1430. The van der Waals surface area contributed by atoms with Crippen molar-refractivity contribution in [2.24, 2.45) is 0 Å². The van der Waals surface area contributed by atoms with Crippen LogP contribution in [0.3, 0.4) is 0 Å². The molecule has 5 aromatic rings. The predicted octanol–water partition coefficient (Wildman–Crippen LogP) is 7.14. The summed E-state index contributed by atoms with van der Waals surface area (Å²) in [5, 5.41) is 11.4. The first-order valence-corrected chi connectivity index (χ1v) is 12.0. The van der Waals surface area contributed by atoms with E-state index in [4.69, 9.17) is 0 Å². The lowest BCUT2D eigenvalue weighted by molar-refractivity contribution is -0.140. The van der Waals surface area contributed by atoms with E-state index in [2.05, 4.69) is 4.98 Å². The first-order valence-electron chi connectivity index (χ1n) is 12.0. The molecule has 1 atom stereocenters. The number of benzene rings is 4. The fourth-order valence-corrected chi connectivity index (χ4v) is 5.01. The maximum absolute atomic E-state index is 15.1. The molecule has 1 aromatic heterocycles. The van der Waals surface area contributed by atoms with Gasteiger partial charge in [0.25, 0.3) is 0 Å². The Morgan fingerprint density at radius 3 is 1.55 bits per heavy atom. The molecule has 1 N–H and O–H groups in total. The Morgan fingerprint density at radius 2 is 1.11 bits per heavy atom. The van der Waals surface area contributed by atoms with Gasteiger partial charge in [0.2, 0.25) is 0 Å². The second-order valence-corrected chi connectivity index (χ2v) is 9.21. The molecule has 0 bridgehead atoms. The number of hydrogen-bond acceptors (Lipinski definition) is 2. The second kappa shape index (κ2) is 9.58. The van der Waals surface area contributed by atoms with Crippen molar-refractivity contribution >= 4 is 0 Å². The molecule has 0 saturated heterocycles. The molecule has 0 amide bonds. The van der Waals surface area contributed by atoms with Gasteiger partial charge in [0.15, 0.2) is 0 Å². The number of alkyl halides is 3. The largest absolute Gasteiger partial charge is 0.419 e. The van der Waals surface area contributed by atoms with E-state index in [0.29, 0.717) is 6.07 Å². The van der Waals surface area contributed by atoms with E-state index in [0.717, 1.165) is 28.8 Å². The van der Waals surface area contributed by atoms with E-state index in [9.17, 15) is 18.3 Å². The van der Waals surface area contributed by atoms with Crippen molar-refractivity contribution < 1.29 is 22.7 Å². The van der Waals surface area contributed by atoms with Crippen LogP contribution < -0.4 is 0 Å². The van der Waals surface area contributed by atoms with Crippen LogP contribution >= 0.6 is 0 Å².